The molecular weight excluding hydrogens is 366 g/mol. The summed E-state index contributed by atoms with van der Waals surface area (Å²) in [6.45, 7) is 5.29. The van der Waals surface area contributed by atoms with Crippen molar-refractivity contribution >= 4 is 17.7 Å². The molecule has 5 rings (SSSR count). The van der Waals surface area contributed by atoms with Gasteiger partial charge >= 0.3 is 0 Å². The van der Waals surface area contributed by atoms with Crippen LogP contribution in [0.1, 0.15) is 30.5 Å². The van der Waals surface area contributed by atoms with Gasteiger partial charge in [-0.05, 0) is 31.7 Å². The van der Waals surface area contributed by atoms with Crippen LogP contribution in [-0.4, -0.2) is 73.4 Å². The van der Waals surface area contributed by atoms with Crippen LogP contribution in [0.15, 0.2) is 18.5 Å². The number of morpholine rings is 1. The van der Waals surface area contributed by atoms with E-state index in [2.05, 4.69) is 19.8 Å². The number of rotatable bonds is 3. The van der Waals surface area contributed by atoms with Crippen LogP contribution in [0.25, 0.3) is 0 Å². The molecule has 1 spiro atoms. The topological polar surface area (TPSA) is 70.5 Å². The summed E-state index contributed by atoms with van der Waals surface area (Å²) >= 11 is 0. The summed E-state index contributed by atoms with van der Waals surface area (Å²) in [5, 5.41) is 0. The molecule has 0 saturated carbocycles. The van der Waals surface area contributed by atoms with E-state index in [0.717, 1.165) is 82.8 Å². The maximum atomic E-state index is 5.57. The van der Waals surface area contributed by atoms with Gasteiger partial charge in [-0.2, -0.15) is 4.98 Å². The second-order valence-corrected chi connectivity index (χ2v) is 8.48. The third-order valence-electron chi connectivity index (χ3n) is 6.60. The minimum Gasteiger partial charge on any atom is -0.378 e. The number of nitrogens with zero attached hydrogens (tertiary/aromatic N) is 7. The Bertz CT molecular complexity index is 859. The summed E-state index contributed by atoms with van der Waals surface area (Å²) in [7, 11) is 4.06. The zero-order chi connectivity index (χ0) is 19.8. The number of fused-ring (bicyclic) bond motifs is 2. The lowest BCUT2D eigenvalue weighted by Gasteiger charge is -2.39. The largest absolute Gasteiger partial charge is 0.378 e. The average molecular weight is 396 g/mol. The summed E-state index contributed by atoms with van der Waals surface area (Å²) in [6.07, 6.45) is 8.05. The maximum absolute atomic E-state index is 5.57. The van der Waals surface area contributed by atoms with Crippen LogP contribution in [0.5, 0.6) is 0 Å². The SMILES string of the molecule is CN(C)c1nc(N2CCOCC2)c2c(n1)C1(CC2)CCN(c2ncccn2)CC1. The Morgan fingerprint density at radius 3 is 2.34 bits per heavy atom. The van der Waals surface area contributed by atoms with Gasteiger partial charge in [-0.15, -0.1) is 0 Å². The third kappa shape index (κ3) is 3.29. The first-order valence-corrected chi connectivity index (χ1v) is 10.6. The Morgan fingerprint density at radius 1 is 0.931 bits per heavy atom. The summed E-state index contributed by atoms with van der Waals surface area (Å²) in [5.74, 6) is 2.79. The van der Waals surface area contributed by atoms with E-state index in [0.29, 0.717) is 0 Å². The molecule has 154 valence electrons. The Labute approximate surface area is 171 Å². The van der Waals surface area contributed by atoms with Crippen LogP contribution in [0.3, 0.4) is 0 Å². The zero-order valence-electron chi connectivity index (χ0n) is 17.3. The first-order valence-electron chi connectivity index (χ1n) is 10.6. The highest BCUT2D eigenvalue weighted by atomic mass is 16.5. The van der Waals surface area contributed by atoms with E-state index in [1.807, 2.05) is 37.5 Å². The quantitative estimate of drug-likeness (QED) is 0.777. The molecule has 2 aliphatic heterocycles. The highest BCUT2D eigenvalue weighted by Gasteiger charge is 2.45. The molecule has 2 fully saturated rings. The van der Waals surface area contributed by atoms with E-state index in [1.165, 1.54) is 11.3 Å². The van der Waals surface area contributed by atoms with Crippen LogP contribution in [0, 0.1) is 0 Å². The second-order valence-electron chi connectivity index (χ2n) is 8.48. The predicted molar refractivity (Wildman–Crippen MR) is 113 cm³/mol. The van der Waals surface area contributed by atoms with Crippen molar-refractivity contribution in [2.24, 2.45) is 0 Å². The molecule has 8 nitrogen and oxygen atoms in total. The fourth-order valence-electron chi connectivity index (χ4n) is 4.92. The minimum absolute atomic E-state index is 0.148. The number of anilines is 3. The van der Waals surface area contributed by atoms with E-state index in [1.54, 1.807) is 0 Å². The van der Waals surface area contributed by atoms with Gasteiger partial charge in [0, 0.05) is 63.6 Å². The van der Waals surface area contributed by atoms with Gasteiger partial charge < -0.3 is 19.4 Å². The molecule has 8 heteroatoms. The number of aromatic nitrogens is 4. The van der Waals surface area contributed by atoms with Crippen molar-refractivity contribution in [3.8, 4) is 0 Å². The fourth-order valence-corrected chi connectivity index (χ4v) is 4.92. The molecule has 0 unspecified atom stereocenters. The van der Waals surface area contributed by atoms with Crippen LogP contribution >= 0.6 is 0 Å². The molecule has 0 radical (unpaired) electrons. The Balaban J connectivity index is 1.46. The number of hydrogen-bond donors (Lipinski definition) is 0. The van der Waals surface area contributed by atoms with Gasteiger partial charge in [0.25, 0.3) is 0 Å². The van der Waals surface area contributed by atoms with Crippen molar-refractivity contribution in [2.45, 2.75) is 31.1 Å². The normalized spacial score (nSPS) is 20.8. The molecule has 1 aliphatic carbocycles. The smallest absolute Gasteiger partial charge is 0.227 e. The second kappa shape index (κ2) is 7.40. The standard InChI is InChI=1S/C21H29N7O/c1-26(2)20-24-17-16(18(25-20)27-12-14-29-15-13-27)4-5-21(17)6-10-28(11-7-21)19-22-8-3-9-23-19/h3,8-9H,4-7,10-15H2,1-2H3. The van der Waals surface area contributed by atoms with Crippen LogP contribution in [-0.2, 0) is 16.6 Å². The Morgan fingerprint density at radius 2 is 1.66 bits per heavy atom. The summed E-state index contributed by atoms with van der Waals surface area (Å²) in [4.78, 5) is 25.7. The first kappa shape index (κ1) is 18.5. The van der Waals surface area contributed by atoms with Crippen LogP contribution < -0.4 is 14.7 Å². The van der Waals surface area contributed by atoms with Gasteiger partial charge in [0.15, 0.2) is 0 Å². The predicted octanol–water partition coefficient (Wildman–Crippen LogP) is 1.65. The Kier molecular flexibility index (Phi) is 4.73. The molecule has 0 aromatic carbocycles. The molecule has 0 N–H and O–H groups in total. The molecule has 2 saturated heterocycles. The van der Waals surface area contributed by atoms with Crippen molar-refractivity contribution in [1.82, 2.24) is 19.9 Å². The fraction of sp³-hybridized carbons (Fsp3) is 0.619. The van der Waals surface area contributed by atoms with Crippen molar-refractivity contribution in [1.29, 1.82) is 0 Å². The highest BCUT2D eigenvalue weighted by Crippen LogP contribution is 2.48. The lowest BCUT2D eigenvalue weighted by atomic mass is 9.76. The monoisotopic (exact) mass is 395 g/mol. The molecule has 4 heterocycles. The van der Waals surface area contributed by atoms with Gasteiger partial charge in [-0.1, -0.05) is 0 Å². The van der Waals surface area contributed by atoms with Gasteiger partial charge in [-0.25, -0.2) is 15.0 Å². The van der Waals surface area contributed by atoms with Gasteiger partial charge in [-0.3, -0.25) is 0 Å². The summed E-state index contributed by atoms with van der Waals surface area (Å²) in [5.41, 5.74) is 2.79. The Hall–Kier alpha value is -2.48. The summed E-state index contributed by atoms with van der Waals surface area (Å²) < 4.78 is 5.57. The summed E-state index contributed by atoms with van der Waals surface area (Å²) in [6, 6.07) is 1.87. The van der Waals surface area contributed by atoms with Crippen molar-refractivity contribution in [3.63, 3.8) is 0 Å². The first-order chi connectivity index (χ1) is 14.2. The number of ether oxygens (including phenoxy) is 1. The minimum atomic E-state index is 0.148. The molecule has 3 aliphatic rings. The lowest BCUT2D eigenvalue weighted by Crippen LogP contribution is -2.43. The van der Waals surface area contributed by atoms with E-state index < -0.39 is 0 Å². The molecule has 0 bridgehead atoms. The third-order valence-corrected chi connectivity index (χ3v) is 6.60. The van der Waals surface area contributed by atoms with Crippen molar-refractivity contribution in [2.75, 3.05) is 68.2 Å². The molecule has 0 amide bonds. The van der Waals surface area contributed by atoms with Crippen molar-refractivity contribution in [3.05, 3.63) is 29.7 Å². The molecule has 29 heavy (non-hydrogen) atoms. The average Bonchev–Trinajstić information content (AvgIpc) is 3.13. The van der Waals surface area contributed by atoms with Crippen LogP contribution in [0.2, 0.25) is 0 Å². The van der Waals surface area contributed by atoms with E-state index >= 15 is 0 Å². The molecule has 0 atom stereocenters. The van der Waals surface area contributed by atoms with Gasteiger partial charge in [0.2, 0.25) is 11.9 Å². The van der Waals surface area contributed by atoms with E-state index in [9.17, 15) is 0 Å². The number of hydrogen-bond acceptors (Lipinski definition) is 8. The molecular formula is C21H29N7O. The maximum Gasteiger partial charge on any atom is 0.227 e. The zero-order valence-corrected chi connectivity index (χ0v) is 17.3. The van der Waals surface area contributed by atoms with Gasteiger partial charge in [0.1, 0.15) is 5.82 Å². The lowest BCUT2D eigenvalue weighted by molar-refractivity contribution is 0.122. The molecule has 2 aromatic rings. The van der Waals surface area contributed by atoms with Crippen LogP contribution in [0.4, 0.5) is 17.7 Å². The number of piperidine rings is 1. The highest BCUT2D eigenvalue weighted by molar-refractivity contribution is 5.57. The van der Waals surface area contributed by atoms with E-state index in [4.69, 9.17) is 14.7 Å². The van der Waals surface area contributed by atoms with E-state index in [-0.39, 0.29) is 5.41 Å². The van der Waals surface area contributed by atoms with Crippen molar-refractivity contribution < 1.29 is 4.74 Å². The molecule has 2 aromatic heterocycles. The van der Waals surface area contributed by atoms with Gasteiger partial charge in [0.05, 0.1) is 18.9 Å².